The maximum absolute atomic E-state index is 12.2. The number of carbonyl (C=O) groups is 1. The van der Waals surface area contributed by atoms with Crippen LogP contribution in [0.4, 0.5) is 0 Å². The molecule has 0 bridgehead atoms. The SMILES string of the molecule is CN(CCBr)C(=O)c1nccc2ccccc12. The van der Waals surface area contributed by atoms with E-state index < -0.39 is 0 Å². The van der Waals surface area contributed by atoms with Gasteiger partial charge in [-0.05, 0) is 11.5 Å². The zero-order valence-corrected chi connectivity index (χ0v) is 11.1. The number of halogens is 1. The van der Waals surface area contributed by atoms with Crippen molar-refractivity contribution < 1.29 is 4.79 Å². The van der Waals surface area contributed by atoms with Gasteiger partial charge in [0.25, 0.3) is 5.91 Å². The fourth-order valence-electron chi connectivity index (χ4n) is 1.70. The summed E-state index contributed by atoms with van der Waals surface area (Å²) in [5, 5.41) is 2.71. The fraction of sp³-hybridized carbons (Fsp3) is 0.231. The van der Waals surface area contributed by atoms with E-state index in [1.807, 2.05) is 30.3 Å². The van der Waals surface area contributed by atoms with Crippen LogP contribution in [0.15, 0.2) is 36.5 Å². The van der Waals surface area contributed by atoms with Crippen LogP contribution in [0.25, 0.3) is 10.8 Å². The van der Waals surface area contributed by atoms with E-state index in [-0.39, 0.29) is 5.91 Å². The van der Waals surface area contributed by atoms with Crippen molar-refractivity contribution in [1.29, 1.82) is 0 Å². The molecule has 0 saturated carbocycles. The molecule has 1 aromatic heterocycles. The molecule has 0 unspecified atom stereocenters. The molecule has 0 saturated heterocycles. The number of hydrogen-bond donors (Lipinski definition) is 0. The first-order valence-electron chi connectivity index (χ1n) is 5.39. The van der Waals surface area contributed by atoms with Gasteiger partial charge in [-0.15, -0.1) is 0 Å². The molecule has 1 heterocycles. The molecular weight excluding hydrogens is 280 g/mol. The first-order chi connectivity index (χ1) is 8.24. The molecule has 1 amide bonds. The van der Waals surface area contributed by atoms with Crippen molar-refractivity contribution in [3.63, 3.8) is 0 Å². The van der Waals surface area contributed by atoms with Crippen LogP contribution < -0.4 is 0 Å². The summed E-state index contributed by atoms with van der Waals surface area (Å²) in [5.41, 5.74) is 0.520. The van der Waals surface area contributed by atoms with Gasteiger partial charge < -0.3 is 4.90 Å². The number of carbonyl (C=O) groups excluding carboxylic acids is 1. The van der Waals surface area contributed by atoms with Crippen LogP contribution in [-0.2, 0) is 0 Å². The van der Waals surface area contributed by atoms with Gasteiger partial charge in [-0.25, -0.2) is 0 Å². The van der Waals surface area contributed by atoms with Gasteiger partial charge >= 0.3 is 0 Å². The lowest BCUT2D eigenvalue weighted by atomic mass is 10.1. The molecule has 0 aliphatic carbocycles. The van der Waals surface area contributed by atoms with Gasteiger partial charge in [0.1, 0.15) is 5.69 Å². The highest BCUT2D eigenvalue weighted by Gasteiger charge is 2.15. The molecule has 17 heavy (non-hydrogen) atoms. The first kappa shape index (κ1) is 12.0. The molecule has 0 fully saturated rings. The van der Waals surface area contributed by atoms with Gasteiger partial charge in [0.15, 0.2) is 0 Å². The number of amides is 1. The lowest BCUT2D eigenvalue weighted by Crippen LogP contribution is -2.29. The number of nitrogens with zero attached hydrogens (tertiary/aromatic N) is 2. The van der Waals surface area contributed by atoms with E-state index in [9.17, 15) is 4.79 Å². The summed E-state index contributed by atoms with van der Waals surface area (Å²) in [7, 11) is 1.78. The standard InChI is InChI=1S/C13H13BrN2O/c1-16(9-7-14)13(17)12-11-5-3-2-4-10(11)6-8-15-12/h2-6,8H,7,9H2,1H3. The number of hydrogen-bond acceptors (Lipinski definition) is 2. The monoisotopic (exact) mass is 292 g/mol. The molecular formula is C13H13BrN2O. The van der Waals surface area contributed by atoms with Gasteiger partial charge in [-0.2, -0.15) is 0 Å². The van der Waals surface area contributed by atoms with Gasteiger partial charge in [0.2, 0.25) is 0 Å². The van der Waals surface area contributed by atoms with Crippen LogP contribution in [-0.4, -0.2) is 34.7 Å². The van der Waals surface area contributed by atoms with Crippen LogP contribution in [0.2, 0.25) is 0 Å². The van der Waals surface area contributed by atoms with E-state index in [4.69, 9.17) is 0 Å². The van der Waals surface area contributed by atoms with Crippen LogP contribution >= 0.6 is 15.9 Å². The van der Waals surface area contributed by atoms with Gasteiger partial charge in [-0.3, -0.25) is 9.78 Å². The van der Waals surface area contributed by atoms with Gasteiger partial charge in [-0.1, -0.05) is 40.2 Å². The van der Waals surface area contributed by atoms with Crippen LogP contribution in [0.3, 0.4) is 0 Å². The molecule has 0 aliphatic heterocycles. The maximum atomic E-state index is 12.2. The maximum Gasteiger partial charge on any atom is 0.272 e. The third kappa shape index (κ3) is 2.47. The Balaban J connectivity index is 2.45. The number of fused-ring (bicyclic) bond motifs is 1. The predicted octanol–water partition coefficient (Wildman–Crippen LogP) is 2.70. The average molecular weight is 293 g/mol. The Bertz CT molecular complexity index is 536. The summed E-state index contributed by atoms with van der Waals surface area (Å²) >= 11 is 3.33. The number of rotatable bonds is 3. The number of pyridine rings is 1. The van der Waals surface area contributed by atoms with Crippen molar-refractivity contribution in [2.24, 2.45) is 0 Å². The third-order valence-electron chi connectivity index (χ3n) is 2.64. The van der Waals surface area contributed by atoms with Crippen molar-refractivity contribution in [2.75, 3.05) is 18.9 Å². The molecule has 88 valence electrons. The quantitative estimate of drug-likeness (QED) is 0.815. The summed E-state index contributed by atoms with van der Waals surface area (Å²) < 4.78 is 0. The second kappa shape index (κ2) is 5.27. The van der Waals surface area contributed by atoms with E-state index in [1.54, 1.807) is 18.1 Å². The minimum atomic E-state index is -0.0405. The van der Waals surface area contributed by atoms with Gasteiger partial charge in [0, 0.05) is 30.5 Å². The Hall–Kier alpha value is -1.42. The molecule has 2 aromatic rings. The first-order valence-corrected chi connectivity index (χ1v) is 6.51. The Morgan fingerprint density at radius 1 is 1.35 bits per heavy atom. The minimum absolute atomic E-state index is 0.0405. The minimum Gasteiger partial charge on any atom is -0.340 e. The molecule has 3 nitrogen and oxygen atoms in total. The van der Waals surface area contributed by atoms with E-state index >= 15 is 0 Å². The molecule has 4 heteroatoms. The van der Waals surface area contributed by atoms with E-state index in [0.717, 1.165) is 16.1 Å². The molecule has 2 rings (SSSR count). The zero-order chi connectivity index (χ0) is 12.3. The Morgan fingerprint density at radius 2 is 2.12 bits per heavy atom. The highest BCUT2D eigenvalue weighted by atomic mass is 79.9. The van der Waals surface area contributed by atoms with Crippen molar-refractivity contribution in [1.82, 2.24) is 9.88 Å². The molecule has 0 spiro atoms. The summed E-state index contributed by atoms with van der Waals surface area (Å²) in [4.78, 5) is 18.1. The molecule has 0 aliphatic rings. The fourth-order valence-corrected chi connectivity index (χ4v) is 2.23. The van der Waals surface area contributed by atoms with E-state index in [2.05, 4.69) is 20.9 Å². The van der Waals surface area contributed by atoms with Crippen molar-refractivity contribution >= 4 is 32.6 Å². The second-order valence-electron chi connectivity index (χ2n) is 3.80. The zero-order valence-electron chi connectivity index (χ0n) is 9.56. The topological polar surface area (TPSA) is 33.2 Å². The number of aromatic nitrogens is 1. The molecule has 1 aromatic carbocycles. The van der Waals surface area contributed by atoms with Crippen LogP contribution in [0, 0.1) is 0 Å². The summed E-state index contributed by atoms with van der Waals surface area (Å²) in [6, 6.07) is 9.70. The average Bonchev–Trinajstić information content (AvgIpc) is 2.37. The van der Waals surface area contributed by atoms with Crippen LogP contribution in [0.5, 0.6) is 0 Å². The highest BCUT2D eigenvalue weighted by Crippen LogP contribution is 2.17. The normalized spacial score (nSPS) is 10.5. The van der Waals surface area contributed by atoms with Crippen molar-refractivity contribution in [2.45, 2.75) is 0 Å². The van der Waals surface area contributed by atoms with Crippen molar-refractivity contribution in [3.8, 4) is 0 Å². The Labute approximate surface area is 109 Å². The largest absolute Gasteiger partial charge is 0.340 e. The van der Waals surface area contributed by atoms with Crippen molar-refractivity contribution in [3.05, 3.63) is 42.2 Å². The Kier molecular flexibility index (Phi) is 3.74. The molecule has 0 radical (unpaired) electrons. The summed E-state index contributed by atoms with van der Waals surface area (Å²) in [6.45, 7) is 0.670. The summed E-state index contributed by atoms with van der Waals surface area (Å²) in [6.07, 6.45) is 1.68. The molecule has 0 atom stereocenters. The predicted molar refractivity (Wildman–Crippen MR) is 72.5 cm³/mol. The Morgan fingerprint density at radius 3 is 2.88 bits per heavy atom. The summed E-state index contributed by atoms with van der Waals surface area (Å²) in [5.74, 6) is -0.0405. The van der Waals surface area contributed by atoms with E-state index in [1.165, 1.54) is 0 Å². The number of benzene rings is 1. The number of alkyl halides is 1. The lowest BCUT2D eigenvalue weighted by Gasteiger charge is -2.15. The van der Waals surface area contributed by atoms with E-state index in [0.29, 0.717) is 12.2 Å². The van der Waals surface area contributed by atoms with Crippen LogP contribution in [0.1, 0.15) is 10.5 Å². The lowest BCUT2D eigenvalue weighted by molar-refractivity contribution is 0.0800. The second-order valence-corrected chi connectivity index (χ2v) is 4.59. The van der Waals surface area contributed by atoms with Gasteiger partial charge in [0.05, 0.1) is 0 Å². The highest BCUT2D eigenvalue weighted by molar-refractivity contribution is 9.09. The third-order valence-corrected chi connectivity index (χ3v) is 3.00. The smallest absolute Gasteiger partial charge is 0.272 e. The molecule has 0 N–H and O–H groups in total.